The Balaban J connectivity index is 3.78. The molecule has 0 aromatic carbocycles. The van der Waals surface area contributed by atoms with Gasteiger partial charge in [-0.25, -0.2) is 0 Å². The summed E-state index contributed by atoms with van der Waals surface area (Å²) in [5.74, 6) is 0. The summed E-state index contributed by atoms with van der Waals surface area (Å²) >= 11 is 0. The zero-order chi connectivity index (χ0) is 8.74. The van der Waals surface area contributed by atoms with Crippen molar-refractivity contribution in [1.29, 1.82) is 0 Å². The lowest BCUT2D eigenvalue weighted by molar-refractivity contribution is -0.104. The van der Waals surface area contributed by atoms with E-state index in [9.17, 15) is 9.90 Å². The van der Waals surface area contributed by atoms with Crippen LogP contribution in [0.3, 0.4) is 0 Å². The lowest BCUT2D eigenvalue weighted by Crippen LogP contribution is -2.20. The van der Waals surface area contributed by atoms with Gasteiger partial charge in [0.25, 0.3) is 0 Å². The second-order valence-electron chi connectivity index (χ2n) is 2.96. The van der Waals surface area contributed by atoms with Gasteiger partial charge in [0.1, 0.15) is 6.29 Å². The van der Waals surface area contributed by atoms with Crippen LogP contribution in [0.4, 0.5) is 0 Å². The van der Waals surface area contributed by atoms with Crippen LogP contribution in [0.1, 0.15) is 33.1 Å². The summed E-state index contributed by atoms with van der Waals surface area (Å²) in [4.78, 5) is 9.93. The summed E-state index contributed by atoms with van der Waals surface area (Å²) in [6, 6.07) is 0. The van der Waals surface area contributed by atoms with Gasteiger partial charge >= 0.3 is 0 Å². The number of carbonyl (C=O) groups is 1. The van der Waals surface area contributed by atoms with Crippen LogP contribution in [-0.2, 0) is 4.79 Å². The Bertz CT molecular complexity index is 136. The van der Waals surface area contributed by atoms with E-state index in [-0.39, 0.29) is 0 Å². The molecule has 0 aliphatic carbocycles. The molecule has 0 saturated carbocycles. The normalized spacial score (nSPS) is 16.6. The first kappa shape index (κ1) is 10.4. The smallest absolute Gasteiger partial charge is 0.142 e. The molecule has 0 bridgehead atoms. The Morgan fingerprint density at radius 2 is 2.18 bits per heavy atom. The molecule has 1 unspecified atom stereocenters. The van der Waals surface area contributed by atoms with Crippen LogP contribution in [0, 0.1) is 0 Å². The van der Waals surface area contributed by atoms with Gasteiger partial charge in [-0.05, 0) is 19.4 Å². The minimum Gasteiger partial charge on any atom is -0.386 e. The first-order valence-electron chi connectivity index (χ1n) is 3.98. The van der Waals surface area contributed by atoms with Gasteiger partial charge in [-0.2, -0.15) is 0 Å². The van der Waals surface area contributed by atoms with Crippen LogP contribution in [-0.4, -0.2) is 17.0 Å². The molecule has 1 atom stereocenters. The molecule has 2 nitrogen and oxygen atoms in total. The molecule has 0 aromatic rings. The average molecular weight is 156 g/mol. The zero-order valence-corrected chi connectivity index (χ0v) is 7.21. The highest BCUT2D eigenvalue weighted by Gasteiger charge is 2.13. The molecule has 11 heavy (non-hydrogen) atoms. The van der Waals surface area contributed by atoms with E-state index < -0.39 is 5.60 Å². The quantitative estimate of drug-likeness (QED) is 0.485. The molecule has 0 saturated heterocycles. The lowest BCUT2D eigenvalue weighted by atomic mass is 9.99. The Labute approximate surface area is 67.9 Å². The molecule has 0 aromatic heterocycles. The first-order valence-corrected chi connectivity index (χ1v) is 3.98. The van der Waals surface area contributed by atoms with Crippen molar-refractivity contribution in [2.24, 2.45) is 0 Å². The van der Waals surface area contributed by atoms with Gasteiger partial charge in [0, 0.05) is 0 Å². The number of aldehydes is 1. The fraction of sp³-hybridized carbons (Fsp3) is 0.667. The summed E-state index contributed by atoms with van der Waals surface area (Å²) in [6.07, 6.45) is 6.32. The van der Waals surface area contributed by atoms with Gasteiger partial charge in [0.15, 0.2) is 0 Å². The van der Waals surface area contributed by atoms with Gasteiger partial charge in [0.2, 0.25) is 0 Å². The molecule has 0 aliphatic heterocycles. The predicted molar refractivity (Wildman–Crippen MR) is 45.4 cm³/mol. The minimum absolute atomic E-state index is 0.681. The summed E-state index contributed by atoms with van der Waals surface area (Å²) < 4.78 is 0. The van der Waals surface area contributed by atoms with Crippen LogP contribution in [0.15, 0.2) is 12.2 Å². The highest BCUT2D eigenvalue weighted by atomic mass is 16.3. The van der Waals surface area contributed by atoms with Crippen molar-refractivity contribution in [3.05, 3.63) is 12.2 Å². The number of rotatable bonds is 5. The molecule has 0 rings (SSSR count). The largest absolute Gasteiger partial charge is 0.386 e. The van der Waals surface area contributed by atoms with Crippen molar-refractivity contribution in [2.75, 3.05) is 0 Å². The first-order chi connectivity index (χ1) is 5.12. The van der Waals surface area contributed by atoms with Crippen molar-refractivity contribution in [1.82, 2.24) is 0 Å². The highest BCUT2D eigenvalue weighted by molar-refractivity contribution is 5.64. The second kappa shape index (κ2) is 5.08. The van der Waals surface area contributed by atoms with Crippen LogP contribution < -0.4 is 0 Å². The maximum absolute atomic E-state index is 9.93. The second-order valence-corrected chi connectivity index (χ2v) is 2.96. The number of hydrogen-bond donors (Lipinski definition) is 1. The number of carbonyl (C=O) groups excluding carboxylic acids is 1. The van der Waals surface area contributed by atoms with Crippen LogP contribution in [0.2, 0.25) is 0 Å². The van der Waals surface area contributed by atoms with E-state index in [1.807, 2.05) is 0 Å². The Morgan fingerprint density at radius 3 is 2.64 bits per heavy atom. The molecule has 2 heteroatoms. The summed E-state index contributed by atoms with van der Waals surface area (Å²) in [5, 5.41) is 9.53. The van der Waals surface area contributed by atoms with Gasteiger partial charge in [-0.1, -0.05) is 25.8 Å². The van der Waals surface area contributed by atoms with Crippen molar-refractivity contribution in [3.8, 4) is 0 Å². The van der Waals surface area contributed by atoms with E-state index in [1.165, 1.54) is 12.2 Å². The van der Waals surface area contributed by atoms with E-state index >= 15 is 0 Å². The molecule has 0 radical (unpaired) electrons. The third-order valence-corrected chi connectivity index (χ3v) is 1.57. The summed E-state index contributed by atoms with van der Waals surface area (Å²) in [7, 11) is 0. The van der Waals surface area contributed by atoms with Gasteiger partial charge in [0.05, 0.1) is 5.60 Å². The monoisotopic (exact) mass is 156 g/mol. The Hall–Kier alpha value is -0.630. The van der Waals surface area contributed by atoms with E-state index in [0.29, 0.717) is 12.7 Å². The predicted octanol–water partition coefficient (Wildman–Crippen LogP) is 1.68. The van der Waals surface area contributed by atoms with Gasteiger partial charge in [-0.3, -0.25) is 4.79 Å². The van der Waals surface area contributed by atoms with E-state index in [2.05, 4.69) is 6.92 Å². The zero-order valence-electron chi connectivity index (χ0n) is 7.21. The summed E-state index contributed by atoms with van der Waals surface area (Å²) in [5.41, 5.74) is -0.809. The molecular weight excluding hydrogens is 140 g/mol. The molecule has 0 heterocycles. The number of aliphatic hydroxyl groups is 1. The Morgan fingerprint density at radius 1 is 1.55 bits per heavy atom. The molecule has 64 valence electrons. The summed E-state index contributed by atoms with van der Waals surface area (Å²) in [6.45, 7) is 3.78. The molecule has 0 spiro atoms. The maximum atomic E-state index is 9.93. The number of unbranched alkanes of at least 4 members (excludes halogenated alkanes) is 1. The van der Waals surface area contributed by atoms with E-state index in [0.717, 1.165) is 12.8 Å². The lowest BCUT2D eigenvalue weighted by Gasteiger charge is -2.17. The third-order valence-electron chi connectivity index (χ3n) is 1.57. The third kappa shape index (κ3) is 5.80. The fourth-order valence-electron chi connectivity index (χ4n) is 0.865. The average Bonchev–Trinajstić information content (AvgIpc) is 1.97. The van der Waals surface area contributed by atoms with Crippen LogP contribution >= 0.6 is 0 Å². The van der Waals surface area contributed by atoms with E-state index in [1.54, 1.807) is 6.92 Å². The van der Waals surface area contributed by atoms with Gasteiger partial charge in [-0.15, -0.1) is 0 Å². The SMILES string of the molecule is CCCCC(C)(O)/C=C/C=O. The van der Waals surface area contributed by atoms with Crippen molar-refractivity contribution in [2.45, 2.75) is 38.7 Å². The van der Waals surface area contributed by atoms with Crippen LogP contribution in [0.5, 0.6) is 0 Å². The van der Waals surface area contributed by atoms with Crippen molar-refractivity contribution in [3.63, 3.8) is 0 Å². The highest BCUT2D eigenvalue weighted by Crippen LogP contribution is 2.14. The fourth-order valence-corrected chi connectivity index (χ4v) is 0.865. The molecule has 0 aliphatic rings. The molecule has 0 amide bonds. The topological polar surface area (TPSA) is 37.3 Å². The standard InChI is InChI=1S/C9H16O2/c1-3-4-6-9(2,11)7-5-8-10/h5,7-8,11H,3-4,6H2,1-2H3/b7-5+. The van der Waals surface area contributed by atoms with Gasteiger partial charge < -0.3 is 5.11 Å². The molecular formula is C9H16O2. The van der Waals surface area contributed by atoms with Crippen molar-refractivity contribution >= 4 is 6.29 Å². The molecule has 1 N–H and O–H groups in total. The van der Waals surface area contributed by atoms with Crippen LogP contribution in [0.25, 0.3) is 0 Å². The minimum atomic E-state index is -0.809. The Kier molecular flexibility index (Phi) is 4.79. The maximum Gasteiger partial charge on any atom is 0.142 e. The number of allylic oxidation sites excluding steroid dienone is 1. The van der Waals surface area contributed by atoms with E-state index in [4.69, 9.17) is 0 Å². The van der Waals surface area contributed by atoms with Crippen molar-refractivity contribution < 1.29 is 9.90 Å². The molecule has 0 fully saturated rings. The number of hydrogen-bond acceptors (Lipinski definition) is 2.